The van der Waals surface area contributed by atoms with Crippen molar-refractivity contribution >= 4 is 26.5 Å². The third-order valence-electron chi connectivity index (χ3n) is 7.59. The van der Waals surface area contributed by atoms with E-state index in [9.17, 15) is 0 Å². The lowest BCUT2D eigenvalue weighted by molar-refractivity contribution is 0.992. The summed E-state index contributed by atoms with van der Waals surface area (Å²) in [6.45, 7) is 23.1. The molecular formula is C32H44N2P2. The molecule has 0 fully saturated rings. The standard InChI is InChI=1S/C32H44N2P2/c1-11-27-28(12-2)30(14-4)35(29(27)13-3)36-33(31-23(7)17-21(5)18-24(31)8)15-16-34(36)32-25(9)19-22(6)20-26(32)10/h15-20H,11-14H2,1-10H3. The van der Waals surface area contributed by atoms with Gasteiger partial charge in [0.1, 0.15) is 0 Å². The van der Waals surface area contributed by atoms with Crippen LogP contribution in [-0.2, 0) is 25.7 Å². The number of benzene rings is 2. The van der Waals surface area contributed by atoms with Gasteiger partial charge in [-0.2, -0.15) is 0 Å². The summed E-state index contributed by atoms with van der Waals surface area (Å²) in [5, 5.41) is 3.49. The molecule has 36 heavy (non-hydrogen) atoms. The van der Waals surface area contributed by atoms with Crippen molar-refractivity contribution in [3.63, 3.8) is 0 Å². The van der Waals surface area contributed by atoms with Gasteiger partial charge in [-0.25, -0.2) is 0 Å². The average molecular weight is 519 g/mol. The molecule has 0 amide bonds. The Morgan fingerprint density at radius 1 is 0.528 bits per heavy atom. The van der Waals surface area contributed by atoms with Crippen LogP contribution in [0.3, 0.4) is 0 Å². The van der Waals surface area contributed by atoms with Crippen molar-refractivity contribution in [1.82, 2.24) is 0 Å². The fourth-order valence-corrected chi connectivity index (χ4v) is 15.8. The largest absolute Gasteiger partial charge is 0.300 e. The molecule has 1 aliphatic heterocycles. The highest BCUT2D eigenvalue weighted by Crippen LogP contribution is 2.76. The summed E-state index contributed by atoms with van der Waals surface area (Å²) in [6, 6.07) is 9.44. The molecule has 0 aliphatic carbocycles. The zero-order valence-electron chi connectivity index (χ0n) is 24.1. The second kappa shape index (κ2) is 10.8. The van der Waals surface area contributed by atoms with Gasteiger partial charge in [-0.15, -0.1) is 0 Å². The predicted molar refractivity (Wildman–Crippen MR) is 164 cm³/mol. The molecule has 2 aromatic carbocycles. The highest BCUT2D eigenvalue weighted by atomic mass is 32.1. The van der Waals surface area contributed by atoms with Crippen LogP contribution in [-0.4, -0.2) is 0 Å². The lowest BCUT2D eigenvalue weighted by Crippen LogP contribution is -2.16. The first-order chi connectivity index (χ1) is 17.2. The van der Waals surface area contributed by atoms with E-state index < -0.39 is 15.1 Å². The van der Waals surface area contributed by atoms with E-state index >= 15 is 0 Å². The van der Waals surface area contributed by atoms with Gasteiger partial charge < -0.3 is 9.34 Å². The molecular weight excluding hydrogens is 474 g/mol. The summed E-state index contributed by atoms with van der Waals surface area (Å²) in [6.07, 6.45) is 9.40. The van der Waals surface area contributed by atoms with Crippen LogP contribution < -0.4 is 9.34 Å². The minimum atomic E-state index is -0.660. The van der Waals surface area contributed by atoms with Crippen molar-refractivity contribution in [1.29, 1.82) is 0 Å². The monoisotopic (exact) mass is 518 g/mol. The minimum Gasteiger partial charge on any atom is -0.300 e. The van der Waals surface area contributed by atoms with E-state index in [-0.39, 0.29) is 0 Å². The van der Waals surface area contributed by atoms with Crippen LogP contribution in [0.4, 0.5) is 11.4 Å². The fraction of sp³-hybridized carbons (Fsp3) is 0.438. The van der Waals surface area contributed by atoms with Gasteiger partial charge in [0.2, 0.25) is 0 Å². The Balaban J connectivity index is 2.05. The van der Waals surface area contributed by atoms with E-state index in [1.54, 1.807) is 21.7 Å². The quantitative estimate of drug-likeness (QED) is 0.287. The second-order valence-corrected chi connectivity index (χ2v) is 15.7. The number of hydrogen-bond donors (Lipinski definition) is 0. The van der Waals surface area contributed by atoms with Gasteiger partial charge in [0.25, 0.3) is 0 Å². The van der Waals surface area contributed by atoms with Gasteiger partial charge in [-0.1, -0.05) is 63.1 Å². The molecule has 4 heteroatoms. The van der Waals surface area contributed by atoms with Crippen molar-refractivity contribution in [3.8, 4) is 0 Å². The topological polar surface area (TPSA) is 6.48 Å². The SMILES string of the molecule is CCc1c(CC)c(CC)p(P2N(c3c(C)cc(C)cc3C)C=CN2c2c(C)cc(C)cc2C)c1CC. The predicted octanol–water partition coefficient (Wildman–Crippen LogP) is 10.3. The number of rotatable bonds is 7. The van der Waals surface area contributed by atoms with Crippen LogP contribution in [0, 0.1) is 41.5 Å². The van der Waals surface area contributed by atoms with Crippen molar-refractivity contribution in [2.24, 2.45) is 0 Å². The molecule has 0 saturated heterocycles. The van der Waals surface area contributed by atoms with E-state index in [0.717, 1.165) is 25.7 Å². The molecule has 0 atom stereocenters. The van der Waals surface area contributed by atoms with E-state index in [1.165, 1.54) is 44.8 Å². The smallest absolute Gasteiger partial charge is 0.156 e. The highest BCUT2D eigenvalue weighted by Gasteiger charge is 2.38. The summed E-state index contributed by atoms with van der Waals surface area (Å²) in [4.78, 5) is 0. The van der Waals surface area contributed by atoms with E-state index in [2.05, 4.69) is 115 Å². The maximum atomic E-state index is 2.70. The Hall–Kier alpha value is -2.01. The summed E-state index contributed by atoms with van der Waals surface area (Å²) in [5.41, 5.74) is 14.4. The lowest BCUT2D eigenvalue weighted by Gasteiger charge is -2.36. The first kappa shape index (κ1) is 27.0. The van der Waals surface area contributed by atoms with Gasteiger partial charge in [0.05, 0.1) is 11.4 Å². The van der Waals surface area contributed by atoms with Crippen molar-refractivity contribution in [3.05, 3.63) is 91.8 Å². The van der Waals surface area contributed by atoms with Crippen LogP contribution >= 0.6 is 15.1 Å². The third-order valence-corrected chi connectivity index (χ3v) is 15.3. The normalized spacial score (nSPS) is 13.9. The second-order valence-electron chi connectivity index (χ2n) is 10.3. The number of nitrogens with zero attached hydrogens (tertiary/aromatic N) is 2. The molecule has 3 aromatic rings. The fourth-order valence-electron chi connectivity index (χ4n) is 6.48. The summed E-state index contributed by atoms with van der Waals surface area (Å²) in [7, 11) is -1.10. The molecule has 0 radical (unpaired) electrons. The van der Waals surface area contributed by atoms with Crippen molar-refractivity contribution in [2.45, 2.75) is 94.9 Å². The van der Waals surface area contributed by atoms with E-state index in [4.69, 9.17) is 0 Å². The lowest BCUT2D eigenvalue weighted by atomic mass is 10.0. The Kier molecular flexibility index (Phi) is 8.09. The average Bonchev–Trinajstić information content (AvgIpc) is 3.35. The molecule has 0 unspecified atom stereocenters. The molecule has 0 N–H and O–H groups in total. The first-order valence-electron chi connectivity index (χ1n) is 13.6. The molecule has 4 rings (SSSR count). The summed E-state index contributed by atoms with van der Waals surface area (Å²) in [5.74, 6) is 0. The van der Waals surface area contributed by atoms with Gasteiger partial charge in [0, 0.05) is 12.4 Å². The van der Waals surface area contributed by atoms with Crippen molar-refractivity contribution in [2.75, 3.05) is 9.34 Å². The van der Waals surface area contributed by atoms with E-state index in [0.29, 0.717) is 0 Å². The van der Waals surface area contributed by atoms with Crippen LogP contribution in [0.25, 0.3) is 0 Å². The molecule has 2 heterocycles. The minimum absolute atomic E-state index is 0.441. The Bertz CT molecular complexity index is 1170. The molecule has 1 aliphatic rings. The maximum absolute atomic E-state index is 2.70. The zero-order chi connectivity index (χ0) is 26.3. The van der Waals surface area contributed by atoms with Crippen molar-refractivity contribution < 1.29 is 0 Å². The van der Waals surface area contributed by atoms with Gasteiger partial charge >= 0.3 is 0 Å². The Labute approximate surface area is 222 Å². The molecule has 2 nitrogen and oxygen atoms in total. The number of anilines is 2. The zero-order valence-corrected chi connectivity index (χ0v) is 25.9. The highest BCUT2D eigenvalue weighted by molar-refractivity contribution is 8.28. The van der Waals surface area contributed by atoms with Gasteiger partial charge in [-0.3, -0.25) is 0 Å². The van der Waals surface area contributed by atoms with Crippen LogP contribution in [0.15, 0.2) is 36.7 Å². The maximum Gasteiger partial charge on any atom is 0.156 e. The van der Waals surface area contributed by atoms with Crippen LogP contribution in [0.5, 0.6) is 0 Å². The van der Waals surface area contributed by atoms with Crippen LogP contribution in [0.2, 0.25) is 0 Å². The molecule has 0 spiro atoms. The van der Waals surface area contributed by atoms with E-state index in [1.807, 2.05) is 0 Å². The van der Waals surface area contributed by atoms with Gasteiger partial charge in [0.15, 0.2) is 7.91 Å². The van der Waals surface area contributed by atoms with Crippen LogP contribution in [0.1, 0.15) is 82.8 Å². The molecule has 1 aromatic heterocycles. The third kappa shape index (κ3) is 4.46. The summed E-state index contributed by atoms with van der Waals surface area (Å²) >= 11 is 0. The van der Waals surface area contributed by atoms with Gasteiger partial charge in [-0.05, 0) is 118 Å². The Morgan fingerprint density at radius 3 is 1.14 bits per heavy atom. The molecule has 0 bridgehead atoms. The molecule has 0 saturated carbocycles. The number of aryl methyl sites for hydroxylation is 6. The first-order valence-corrected chi connectivity index (χ1v) is 16.9. The Morgan fingerprint density at radius 2 is 0.861 bits per heavy atom. The number of hydrogen-bond acceptors (Lipinski definition) is 2. The molecule has 192 valence electrons. The summed E-state index contributed by atoms with van der Waals surface area (Å²) < 4.78 is 5.39.